The second-order valence-electron chi connectivity index (χ2n) is 8.81. The van der Waals surface area contributed by atoms with Crippen molar-refractivity contribution in [2.75, 3.05) is 13.2 Å². The lowest BCUT2D eigenvalue weighted by Crippen LogP contribution is -2.03. The first-order valence-corrected chi connectivity index (χ1v) is 13.2. The van der Waals surface area contributed by atoms with Crippen LogP contribution >= 0.6 is 0 Å². The molecule has 2 atom stereocenters. The van der Waals surface area contributed by atoms with Gasteiger partial charge in [-0.3, -0.25) is 0 Å². The summed E-state index contributed by atoms with van der Waals surface area (Å²) in [6.07, 6.45) is 23.1. The molecule has 0 bridgehead atoms. The minimum absolute atomic E-state index is 0.0745. The quantitative estimate of drug-likeness (QED) is 0.147. The molecule has 4 nitrogen and oxygen atoms in total. The van der Waals surface area contributed by atoms with Crippen LogP contribution in [0.1, 0.15) is 142 Å². The molecule has 0 aliphatic rings. The second-order valence-corrected chi connectivity index (χ2v) is 8.81. The van der Waals surface area contributed by atoms with Gasteiger partial charge in [0.25, 0.3) is 0 Å². The van der Waals surface area contributed by atoms with Crippen LogP contribution < -0.4 is 0 Å². The summed E-state index contributed by atoms with van der Waals surface area (Å²) in [6.45, 7) is 4.75. The largest absolute Gasteiger partial charge is 0.396 e. The van der Waals surface area contributed by atoms with E-state index in [0.29, 0.717) is 13.2 Å². The van der Waals surface area contributed by atoms with Crippen LogP contribution in [-0.2, 0) is 0 Å². The van der Waals surface area contributed by atoms with Crippen LogP contribution in [0.15, 0.2) is 0 Å². The van der Waals surface area contributed by atoms with E-state index in [-0.39, 0.29) is 12.2 Å². The molecular formula is C26H56O4. The molecule has 2 unspecified atom stereocenters. The summed E-state index contributed by atoms with van der Waals surface area (Å²) in [7, 11) is 0. The fraction of sp³-hybridized carbons (Fsp3) is 1.00. The predicted octanol–water partition coefficient (Wildman–Crippen LogP) is 6.52. The minimum Gasteiger partial charge on any atom is -0.396 e. The number of rotatable bonds is 22. The second kappa shape index (κ2) is 28.8. The Bertz CT molecular complexity index is 258. The van der Waals surface area contributed by atoms with Crippen molar-refractivity contribution in [3.05, 3.63) is 0 Å². The van der Waals surface area contributed by atoms with E-state index in [1.807, 2.05) is 13.8 Å². The van der Waals surface area contributed by atoms with Crippen molar-refractivity contribution in [1.29, 1.82) is 0 Å². The molecule has 0 aromatic rings. The van der Waals surface area contributed by atoms with Gasteiger partial charge in [0.05, 0.1) is 12.2 Å². The first-order valence-electron chi connectivity index (χ1n) is 13.2. The molecule has 0 aliphatic heterocycles. The highest BCUT2D eigenvalue weighted by molar-refractivity contribution is 4.54. The highest BCUT2D eigenvalue weighted by Crippen LogP contribution is 2.12. The zero-order valence-electron chi connectivity index (χ0n) is 20.5. The fourth-order valence-electron chi connectivity index (χ4n) is 3.51. The van der Waals surface area contributed by atoms with Gasteiger partial charge in [-0.2, -0.15) is 0 Å². The van der Waals surface area contributed by atoms with Crippen LogP contribution in [0.5, 0.6) is 0 Å². The van der Waals surface area contributed by atoms with Gasteiger partial charge in [-0.05, 0) is 38.5 Å². The number of hydrogen-bond acceptors (Lipinski definition) is 4. The number of aliphatic hydroxyl groups is 4. The van der Waals surface area contributed by atoms with E-state index in [0.717, 1.165) is 38.5 Å². The van der Waals surface area contributed by atoms with E-state index < -0.39 is 0 Å². The lowest BCUT2D eigenvalue weighted by Gasteiger charge is -2.06. The van der Waals surface area contributed by atoms with Crippen LogP contribution in [0.4, 0.5) is 0 Å². The van der Waals surface area contributed by atoms with Crippen LogP contribution in [0.25, 0.3) is 0 Å². The first-order chi connectivity index (χ1) is 14.6. The maximum absolute atomic E-state index is 9.33. The fourth-order valence-corrected chi connectivity index (χ4v) is 3.51. The first kappa shape index (κ1) is 32.0. The molecule has 4 heteroatoms. The lowest BCUT2D eigenvalue weighted by atomic mass is 10.0. The zero-order chi connectivity index (χ0) is 22.7. The van der Waals surface area contributed by atoms with Gasteiger partial charge >= 0.3 is 0 Å². The highest BCUT2D eigenvalue weighted by Gasteiger charge is 2.00. The van der Waals surface area contributed by atoms with E-state index in [2.05, 4.69) is 0 Å². The van der Waals surface area contributed by atoms with E-state index in [1.54, 1.807) is 0 Å². The van der Waals surface area contributed by atoms with Gasteiger partial charge < -0.3 is 20.4 Å². The summed E-state index contributed by atoms with van der Waals surface area (Å²) < 4.78 is 0. The normalized spacial score (nSPS) is 13.0. The summed E-state index contributed by atoms with van der Waals surface area (Å²) in [6, 6.07) is 0. The van der Waals surface area contributed by atoms with Crippen molar-refractivity contribution < 1.29 is 20.4 Å². The SMILES string of the molecule is CCC(O)CCCCCCCCCCO.CCC(O)CCCCCCCCCCO. The number of aliphatic hydroxyl groups excluding tert-OH is 4. The van der Waals surface area contributed by atoms with Crippen molar-refractivity contribution in [2.45, 2.75) is 154 Å². The molecule has 4 N–H and O–H groups in total. The average Bonchev–Trinajstić information content (AvgIpc) is 2.76. The molecule has 0 radical (unpaired) electrons. The van der Waals surface area contributed by atoms with Crippen molar-refractivity contribution in [3.8, 4) is 0 Å². The van der Waals surface area contributed by atoms with Gasteiger partial charge in [-0.1, -0.05) is 104 Å². The third-order valence-electron chi connectivity index (χ3n) is 5.83. The van der Waals surface area contributed by atoms with Crippen molar-refractivity contribution in [2.24, 2.45) is 0 Å². The van der Waals surface area contributed by atoms with Crippen LogP contribution in [0, 0.1) is 0 Å². The number of hydrogen-bond donors (Lipinski definition) is 4. The van der Waals surface area contributed by atoms with E-state index >= 15 is 0 Å². The smallest absolute Gasteiger partial charge is 0.0537 e. The molecule has 0 aromatic carbocycles. The molecule has 0 aromatic heterocycles. The Morgan fingerprint density at radius 2 is 0.633 bits per heavy atom. The molecule has 0 saturated heterocycles. The van der Waals surface area contributed by atoms with Gasteiger partial charge in [0.15, 0.2) is 0 Å². The highest BCUT2D eigenvalue weighted by atomic mass is 16.3. The molecule has 30 heavy (non-hydrogen) atoms. The summed E-state index contributed by atoms with van der Waals surface area (Å²) in [4.78, 5) is 0. The lowest BCUT2D eigenvalue weighted by molar-refractivity contribution is 0.156. The monoisotopic (exact) mass is 432 g/mol. The molecule has 0 heterocycles. The average molecular weight is 433 g/mol. The Morgan fingerprint density at radius 3 is 0.867 bits per heavy atom. The molecular weight excluding hydrogens is 376 g/mol. The van der Waals surface area contributed by atoms with Gasteiger partial charge in [0.1, 0.15) is 0 Å². The van der Waals surface area contributed by atoms with Gasteiger partial charge in [0, 0.05) is 13.2 Å². The third-order valence-corrected chi connectivity index (χ3v) is 5.83. The predicted molar refractivity (Wildman–Crippen MR) is 130 cm³/mol. The molecule has 0 rings (SSSR count). The van der Waals surface area contributed by atoms with Gasteiger partial charge in [-0.25, -0.2) is 0 Å². The Kier molecular flexibility index (Phi) is 30.8. The summed E-state index contributed by atoms with van der Waals surface area (Å²) in [5, 5.41) is 35.8. The number of unbranched alkanes of at least 4 members (excludes halogenated alkanes) is 14. The van der Waals surface area contributed by atoms with Gasteiger partial charge in [-0.15, -0.1) is 0 Å². The third kappa shape index (κ3) is 30.0. The summed E-state index contributed by atoms with van der Waals surface area (Å²) in [5.41, 5.74) is 0. The van der Waals surface area contributed by atoms with Crippen molar-refractivity contribution >= 4 is 0 Å². The molecule has 0 aliphatic carbocycles. The summed E-state index contributed by atoms with van der Waals surface area (Å²) in [5.74, 6) is 0. The molecule has 184 valence electrons. The Balaban J connectivity index is 0. The van der Waals surface area contributed by atoms with Crippen molar-refractivity contribution in [1.82, 2.24) is 0 Å². The summed E-state index contributed by atoms with van der Waals surface area (Å²) >= 11 is 0. The zero-order valence-corrected chi connectivity index (χ0v) is 20.5. The van der Waals surface area contributed by atoms with Crippen LogP contribution in [-0.4, -0.2) is 45.8 Å². The van der Waals surface area contributed by atoms with E-state index in [4.69, 9.17) is 10.2 Å². The van der Waals surface area contributed by atoms with Crippen molar-refractivity contribution in [3.63, 3.8) is 0 Å². The molecule has 0 fully saturated rings. The van der Waals surface area contributed by atoms with E-state index in [1.165, 1.54) is 89.9 Å². The molecule has 0 spiro atoms. The van der Waals surface area contributed by atoms with Crippen LogP contribution in [0.3, 0.4) is 0 Å². The standard InChI is InChI=1S/2C13H28O2/c2*1-2-13(15)11-9-7-5-3-4-6-8-10-12-14/h2*13-15H,2-12H2,1H3. The minimum atomic E-state index is -0.0745. The van der Waals surface area contributed by atoms with Crippen LogP contribution in [0.2, 0.25) is 0 Å². The van der Waals surface area contributed by atoms with E-state index in [9.17, 15) is 10.2 Å². The molecule has 0 saturated carbocycles. The maximum Gasteiger partial charge on any atom is 0.0537 e. The Labute approximate surface area is 188 Å². The Hall–Kier alpha value is -0.160. The van der Waals surface area contributed by atoms with Gasteiger partial charge in [0.2, 0.25) is 0 Å². The topological polar surface area (TPSA) is 80.9 Å². The maximum atomic E-state index is 9.33. The molecule has 0 amide bonds. The Morgan fingerprint density at radius 1 is 0.400 bits per heavy atom.